The zero-order valence-corrected chi connectivity index (χ0v) is 27.5. The van der Waals surface area contributed by atoms with Crippen LogP contribution in [-0.4, -0.2) is 17.0 Å². The van der Waals surface area contributed by atoms with Crippen molar-refractivity contribution in [2.24, 2.45) is 5.92 Å². The summed E-state index contributed by atoms with van der Waals surface area (Å²) < 4.78 is 0. The van der Waals surface area contributed by atoms with Crippen LogP contribution in [0.15, 0.2) is 151 Å². The molecule has 1 fully saturated rings. The Kier molecular flexibility index (Phi) is 8.66. The van der Waals surface area contributed by atoms with Crippen LogP contribution in [0.3, 0.4) is 0 Å². The number of rotatable bonds is 8. The molecule has 0 amide bonds. The number of allylic oxidation sites excluding steroid dienone is 6. The Morgan fingerprint density at radius 3 is 2.30 bits per heavy atom. The molecule has 0 saturated heterocycles. The molecule has 47 heavy (non-hydrogen) atoms. The highest BCUT2D eigenvalue weighted by Gasteiger charge is 2.33. The first-order valence-corrected chi connectivity index (χ1v) is 17.9. The largest absolute Gasteiger partial charge is 0.364 e. The third-order valence-electron chi connectivity index (χ3n) is 10.8. The number of benzene rings is 4. The minimum Gasteiger partial charge on any atom is -0.364 e. The molecular weight excluding hydrogens is 569 g/mol. The van der Waals surface area contributed by atoms with Crippen LogP contribution in [0.5, 0.6) is 0 Å². The average molecular weight is 615 g/mol. The van der Waals surface area contributed by atoms with Crippen LogP contribution in [0, 0.1) is 5.92 Å². The van der Waals surface area contributed by atoms with E-state index in [1.54, 1.807) is 11.3 Å². The van der Waals surface area contributed by atoms with Gasteiger partial charge < -0.3 is 9.80 Å². The molecule has 0 N–H and O–H groups in total. The van der Waals surface area contributed by atoms with Gasteiger partial charge in [0.25, 0.3) is 0 Å². The number of hydrogen-bond acceptors (Lipinski definition) is 2. The molecule has 4 aliphatic carbocycles. The summed E-state index contributed by atoms with van der Waals surface area (Å²) in [6.07, 6.45) is 30.1. The molecule has 4 aliphatic rings. The molecule has 2 heteroatoms. The molecule has 0 spiro atoms. The zero-order valence-electron chi connectivity index (χ0n) is 27.5. The van der Waals surface area contributed by atoms with Crippen molar-refractivity contribution >= 4 is 22.1 Å². The van der Waals surface area contributed by atoms with Gasteiger partial charge in [0.1, 0.15) is 0 Å². The third-order valence-corrected chi connectivity index (χ3v) is 10.8. The summed E-state index contributed by atoms with van der Waals surface area (Å²) in [5.41, 5.74) is 9.66. The molecule has 236 valence electrons. The lowest BCUT2D eigenvalue weighted by atomic mass is 9.76. The van der Waals surface area contributed by atoms with Crippen molar-refractivity contribution in [3.8, 4) is 11.1 Å². The van der Waals surface area contributed by atoms with Crippen molar-refractivity contribution in [3.63, 3.8) is 0 Å². The van der Waals surface area contributed by atoms with E-state index in [1.165, 1.54) is 90.2 Å². The molecule has 0 bridgehead atoms. The molecule has 4 aromatic carbocycles. The van der Waals surface area contributed by atoms with E-state index in [9.17, 15) is 0 Å². The van der Waals surface area contributed by atoms with Gasteiger partial charge in [-0.2, -0.15) is 0 Å². The van der Waals surface area contributed by atoms with Crippen molar-refractivity contribution in [1.82, 2.24) is 4.90 Å². The summed E-state index contributed by atoms with van der Waals surface area (Å²) >= 11 is 0. The summed E-state index contributed by atoms with van der Waals surface area (Å²) in [6, 6.07) is 34.7. The number of nitrogens with zero attached hydrogens (tertiary/aromatic N) is 2. The fourth-order valence-corrected chi connectivity index (χ4v) is 8.39. The van der Waals surface area contributed by atoms with Gasteiger partial charge in [0.2, 0.25) is 0 Å². The average Bonchev–Trinajstić information content (AvgIpc) is 3.15. The Morgan fingerprint density at radius 1 is 0.681 bits per heavy atom. The second-order valence-corrected chi connectivity index (χ2v) is 13.8. The maximum atomic E-state index is 2.76. The maximum Gasteiger partial charge on any atom is 0.0560 e. The van der Waals surface area contributed by atoms with Crippen LogP contribution in [0.2, 0.25) is 0 Å². The lowest BCUT2D eigenvalue weighted by molar-refractivity contribution is 0.200. The van der Waals surface area contributed by atoms with E-state index in [1.807, 2.05) is 0 Å². The standard InChI is InChI=1S/C45H46N2/c1-3-17-39(18-4-1)46(44-23-11-15-37-13-7-9-21-42(37)44)33-34-25-27-35(28-26-34)36-29-31-41(32-30-36)47(40-19-5-2-6-20-40)45-24-12-16-38-14-8-10-22-43(38)45/h2,5-6,8,10-12,14-17,19,22-32,40,42,44H,1,3-4,7,9,13,18,20-21,33H2. The third kappa shape index (κ3) is 6.26. The van der Waals surface area contributed by atoms with Crippen molar-refractivity contribution in [2.75, 3.05) is 4.90 Å². The van der Waals surface area contributed by atoms with Gasteiger partial charge in [0.05, 0.1) is 12.1 Å². The minimum atomic E-state index is 0.275. The quantitative estimate of drug-likeness (QED) is 0.195. The van der Waals surface area contributed by atoms with Gasteiger partial charge in [-0.15, -0.1) is 0 Å². The lowest BCUT2D eigenvalue weighted by Crippen LogP contribution is -2.41. The van der Waals surface area contributed by atoms with Gasteiger partial charge in [-0.3, -0.25) is 0 Å². The predicted molar refractivity (Wildman–Crippen MR) is 200 cm³/mol. The van der Waals surface area contributed by atoms with E-state index in [-0.39, 0.29) is 6.04 Å². The Bertz CT molecular complexity index is 1850. The topological polar surface area (TPSA) is 6.48 Å². The van der Waals surface area contributed by atoms with Gasteiger partial charge in [-0.05, 0) is 91.6 Å². The van der Waals surface area contributed by atoms with Crippen LogP contribution >= 0.6 is 0 Å². The van der Waals surface area contributed by atoms with E-state index >= 15 is 0 Å². The molecule has 3 unspecified atom stereocenters. The van der Waals surface area contributed by atoms with E-state index in [2.05, 4.69) is 149 Å². The zero-order chi connectivity index (χ0) is 31.4. The SMILES string of the molecule is C1=CCC(N(c2ccc(-c3ccc(CN(C4=CCCCC4)C4C=CC=C5CCCCC54)cc3)cc2)c2cccc3ccccc23)C=C1. The van der Waals surface area contributed by atoms with Crippen LogP contribution in [0.4, 0.5) is 11.4 Å². The van der Waals surface area contributed by atoms with Gasteiger partial charge in [-0.1, -0.05) is 133 Å². The van der Waals surface area contributed by atoms with Crippen molar-refractivity contribution in [1.29, 1.82) is 0 Å². The molecule has 2 nitrogen and oxygen atoms in total. The van der Waals surface area contributed by atoms with E-state index in [0.717, 1.165) is 13.0 Å². The van der Waals surface area contributed by atoms with E-state index < -0.39 is 0 Å². The summed E-state index contributed by atoms with van der Waals surface area (Å²) in [7, 11) is 0. The highest BCUT2D eigenvalue weighted by Crippen LogP contribution is 2.40. The lowest BCUT2D eigenvalue weighted by Gasteiger charge is -2.43. The van der Waals surface area contributed by atoms with Crippen LogP contribution in [0.1, 0.15) is 63.4 Å². The fourth-order valence-electron chi connectivity index (χ4n) is 8.39. The summed E-state index contributed by atoms with van der Waals surface area (Å²) in [4.78, 5) is 5.27. The smallest absolute Gasteiger partial charge is 0.0560 e. The summed E-state index contributed by atoms with van der Waals surface area (Å²) in [6.45, 7) is 0.979. The molecule has 0 heterocycles. The van der Waals surface area contributed by atoms with Crippen LogP contribution in [-0.2, 0) is 6.54 Å². The maximum absolute atomic E-state index is 2.76. The number of anilines is 2. The number of fused-ring (bicyclic) bond motifs is 2. The first-order chi connectivity index (χ1) is 23.3. The van der Waals surface area contributed by atoms with Crippen LogP contribution in [0.25, 0.3) is 21.9 Å². The highest BCUT2D eigenvalue weighted by molar-refractivity contribution is 5.96. The predicted octanol–water partition coefficient (Wildman–Crippen LogP) is 11.8. The van der Waals surface area contributed by atoms with Crippen LogP contribution < -0.4 is 4.90 Å². The highest BCUT2D eigenvalue weighted by atomic mass is 15.2. The van der Waals surface area contributed by atoms with Gasteiger partial charge >= 0.3 is 0 Å². The molecule has 8 rings (SSSR count). The van der Waals surface area contributed by atoms with Crippen molar-refractivity contribution in [3.05, 3.63) is 156 Å². The summed E-state index contributed by atoms with van der Waals surface area (Å²) in [5.74, 6) is 0.669. The Hall–Kier alpha value is -4.56. The Labute approximate surface area is 281 Å². The van der Waals surface area contributed by atoms with Gasteiger partial charge in [0, 0.05) is 34.9 Å². The first-order valence-electron chi connectivity index (χ1n) is 17.9. The van der Waals surface area contributed by atoms with E-state index in [4.69, 9.17) is 0 Å². The number of hydrogen-bond donors (Lipinski definition) is 0. The second-order valence-electron chi connectivity index (χ2n) is 13.8. The molecule has 0 aliphatic heterocycles. The molecule has 3 atom stereocenters. The van der Waals surface area contributed by atoms with E-state index in [0.29, 0.717) is 12.0 Å². The fraction of sp³-hybridized carbons (Fsp3) is 0.289. The molecule has 4 aromatic rings. The molecule has 0 radical (unpaired) electrons. The molecule has 0 aromatic heterocycles. The second kappa shape index (κ2) is 13.7. The first kappa shape index (κ1) is 29.8. The normalized spacial score (nSPS) is 22.0. The molecular formula is C45H46N2. The Balaban J connectivity index is 1.05. The summed E-state index contributed by atoms with van der Waals surface area (Å²) in [5, 5.41) is 2.56. The monoisotopic (exact) mass is 614 g/mol. The molecule has 1 saturated carbocycles. The van der Waals surface area contributed by atoms with Crippen molar-refractivity contribution in [2.45, 2.75) is 76.4 Å². The van der Waals surface area contributed by atoms with Gasteiger partial charge in [0.15, 0.2) is 0 Å². The van der Waals surface area contributed by atoms with Gasteiger partial charge in [-0.25, -0.2) is 0 Å². The minimum absolute atomic E-state index is 0.275. The Morgan fingerprint density at radius 2 is 1.49 bits per heavy atom. The van der Waals surface area contributed by atoms with Crippen molar-refractivity contribution < 1.29 is 0 Å².